The molecule has 0 unspecified atom stereocenters. The summed E-state index contributed by atoms with van der Waals surface area (Å²) in [5.41, 5.74) is 4.44. The van der Waals surface area contributed by atoms with E-state index in [0.717, 1.165) is 16.7 Å². The van der Waals surface area contributed by atoms with Gasteiger partial charge >= 0.3 is 0 Å². The molecule has 1 amide bonds. The zero-order valence-corrected chi connectivity index (χ0v) is 26.3. The van der Waals surface area contributed by atoms with Gasteiger partial charge < -0.3 is 4.74 Å². The molecule has 208 valence electrons. The normalized spacial score (nSPS) is 15.3. The van der Waals surface area contributed by atoms with Crippen molar-refractivity contribution in [1.29, 1.82) is 0 Å². The molecule has 1 aliphatic heterocycles. The van der Waals surface area contributed by atoms with Crippen molar-refractivity contribution in [3.05, 3.63) is 125 Å². The highest BCUT2D eigenvalue weighted by Gasteiger charge is 2.35. The van der Waals surface area contributed by atoms with Gasteiger partial charge in [-0.1, -0.05) is 76.2 Å². The van der Waals surface area contributed by atoms with Gasteiger partial charge in [0, 0.05) is 36.2 Å². The maximum absolute atomic E-state index is 13.9. The lowest BCUT2D eigenvalue weighted by Crippen LogP contribution is -2.28. The fourth-order valence-corrected chi connectivity index (χ4v) is 5.94. The number of anilines is 1. The lowest BCUT2D eigenvalue weighted by Gasteiger charge is -2.17. The molecule has 0 aliphatic carbocycles. The molecular weight excluding hydrogens is 642 g/mol. The molecule has 1 saturated heterocycles. The van der Waals surface area contributed by atoms with Gasteiger partial charge in [0.2, 0.25) is 0 Å². The van der Waals surface area contributed by atoms with Crippen molar-refractivity contribution in [2.75, 3.05) is 4.90 Å². The molecule has 4 aromatic rings. The molecule has 0 saturated carbocycles. The first-order valence-corrected chi connectivity index (χ1v) is 15.0. The Morgan fingerprint density at radius 1 is 0.805 bits per heavy atom. The van der Waals surface area contributed by atoms with E-state index in [1.165, 1.54) is 16.7 Å². The minimum Gasteiger partial charge on any atom is -0.488 e. The van der Waals surface area contributed by atoms with Crippen molar-refractivity contribution in [1.82, 2.24) is 0 Å². The third kappa shape index (κ3) is 6.89. The molecule has 10 heteroatoms. The first kappa shape index (κ1) is 29.8. The van der Waals surface area contributed by atoms with Gasteiger partial charge in [-0.15, -0.1) is 0 Å². The summed E-state index contributed by atoms with van der Waals surface area (Å²) in [6, 6.07) is 21.4. The van der Waals surface area contributed by atoms with Crippen LogP contribution in [0.2, 0.25) is 25.1 Å². The van der Waals surface area contributed by atoms with Gasteiger partial charge in [0.05, 0.1) is 16.3 Å². The molecule has 4 nitrogen and oxygen atoms in total. The first-order valence-electron chi connectivity index (χ1n) is 12.3. The number of thioether (sulfide) groups is 1. The van der Waals surface area contributed by atoms with Crippen LogP contribution in [0.15, 0.2) is 82.7 Å². The third-order valence-electron chi connectivity index (χ3n) is 6.26. The van der Waals surface area contributed by atoms with E-state index >= 15 is 0 Å². The van der Waals surface area contributed by atoms with Crippen LogP contribution in [-0.4, -0.2) is 11.1 Å². The number of rotatable bonds is 6. The Morgan fingerprint density at radius 2 is 1.49 bits per heavy atom. The summed E-state index contributed by atoms with van der Waals surface area (Å²) in [6.45, 7) is 4.02. The predicted molar refractivity (Wildman–Crippen MR) is 175 cm³/mol. The van der Waals surface area contributed by atoms with Crippen LogP contribution in [0, 0.1) is 13.8 Å². The van der Waals surface area contributed by atoms with E-state index in [2.05, 4.69) is 0 Å². The number of ether oxygens (including phenoxy) is 1. The highest BCUT2D eigenvalue weighted by Crippen LogP contribution is 2.40. The van der Waals surface area contributed by atoms with Crippen LogP contribution in [0.4, 0.5) is 11.4 Å². The number of hydrogen-bond acceptors (Lipinski definition) is 4. The smallest absolute Gasteiger partial charge is 0.271 e. The summed E-state index contributed by atoms with van der Waals surface area (Å²) >= 11 is 32.7. The number of aliphatic imine (C=N–C) groups is 1. The highest BCUT2D eigenvalue weighted by atomic mass is 35.5. The van der Waals surface area contributed by atoms with Crippen LogP contribution in [0.25, 0.3) is 6.08 Å². The Labute approximate surface area is 267 Å². The fraction of sp³-hybridized carbons (Fsp3) is 0.0968. The Balaban J connectivity index is 1.53. The third-order valence-corrected chi connectivity index (χ3v) is 8.86. The van der Waals surface area contributed by atoms with Crippen LogP contribution in [0.5, 0.6) is 5.75 Å². The van der Waals surface area contributed by atoms with E-state index in [1.807, 2.05) is 38.1 Å². The quantitative estimate of drug-likeness (QED) is 0.193. The van der Waals surface area contributed by atoms with E-state index < -0.39 is 0 Å². The van der Waals surface area contributed by atoms with Crippen molar-refractivity contribution in [3.8, 4) is 5.75 Å². The standard InChI is InChI=1S/C31H21Cl5N2O2S/c1-17-3-8-23(14-25(17)34)37-31-38(24-9-4-18(2)26(35)15-24)30(39)29(41-31)12-20-11-21(32)7-10-28(20)40-16-19-5-6-22(33)13-27(19)36/h3-15H,16H2,1-2H3/b29-12+,37-31?. The summed E-state index contributed by atoms with van der Waals surface area (Å²) in [4.78, 5) is 20.6. The zero-order chi connectivity index (χ0) is 29.3. The van der Waals surface area contributed by atoms with Crippen LogP contribution in [0.3, 0.4) is 0 Å². The molecule has 0 radical (unpaired) electrons. The van der Waals surface area contributed by atoms with Crippen LogP contribution < -0.4 is 9.64 Å². The number of carbonyl (C=O) groups is 1. The lowest BCUT2D eigenvalue weighted by molar-refractivity contribution is -0.113. The maximum Gasteiger partial charge on any atom is 0.271 e. The fourth-order valence-electron chi connectivity index (χ4n) is 3.96. The Morgan fingerprint density at radius 3 is 2.20 bits per heavy atom. The highest BCUT2D eigenvalue weighted by molar-refractivity contribution is 8.19. The molecule has 0 spiro atoms. The van der Waals surface area contributed by atoms with Gasteiger partial charge in [-0.25, -0.2) is 4.99 Å². The molecule has 4 aromatic carbocycles. The minimum atomic E-state index is -0.265. The van der Waals surface area contributed by atoms with E-state index in [-0.39, 0.29) is 12.5 Å². The number of carbonyl (C=O) groups excluding carboxylic acids is 1. The molecule has 0 aromatic heterocycles. The van der Waals surface area contributed by atoms with Crippen LogP contribution in [-0.2, 0) is 11.4 Å². The number of amidine groups is 1. The first-order chi connectivity index (χ1) is 19.6. The molecule has 1 fully saturated rings. The molecule has 1 aliphatic rings. The van der Waals surface area contributed by atoms with Gasteiger partial charge in [-0.2, -0.15) is 0 Å². The molecule has 0 bridgehead atoms. The maximum atomic E-state index is 13.9. The average Bonchev–Trinajstić information content (AvgIpc) is 3.22. The van der Waals surface area contributed by atoms with E-state index in [0.29, 0.717) is 57.9 Å². The molecule has 5 rings (SSSR count). The largest absolute Gasteiger partial charge is 0.488 e. The predicted octanol–water partition coefficient (Wildman–Crippen LogP) is 11.0. The second-order valence-electron chi connectivity index (χ2n) is 9.22. The monoisotopic (exact) mass is 660 g/mol. The summed E-state index contributed by atoms with van der Waals surface area (Å²) in [6.07, 6.45) is 1.74. The average molecular weight is 663 g/mol. The lowest BCUT2D eigenvalue weighted by atomic mass is 10.1. The molecule has 1 heterocycles. The number of aryl methyl sites for hydroxylation is 2. The summed E-state index contributed by atoms with van der Waals surface area (Å²) in [5.74, 6) is 0.264. The number of benzene rings is 4. The van der Waals surface area contributed by atoms with Gasteiger partial charge in [0.1, 0.15) is 12.4 Å². The summed E-state index contributed by atoms with van der Waals surface area (Å²) < 4.78 is 6.10. The second kappa shape index (κ2) is 12.7. The van der Waals surface area contributed by atoms with Crippen molar-refractivity contribution < 1.29 is 9.53 Å². The van der Waals surface area contributed by atoms with Crippen LogP contribution in [0.1, 0.15) is 22.3 Å². The molecular formula is C31H21Cl5N2O2S. The SMILES string of the molecule is Cc1ccc(N=C2S/C(=C/c3cc(Cl)ccc3OCc3ccc(Cl)cc3Cl)C(=O)N2c2ccc(C)c(Cl)c2)cc1Cl. The molecule has 0 N–H and O–H groups in total. The van der Waals surface area contributed by atoms with Crippen molar-refractivity contribution in [2.24, 2.45) is 4.99 Å². The molecule has 41 heavy (non-hydrogen) atoms. The Kier molecular flexibility index (Phi) is 9.24. The van der Waals surface area contributed by atoms with E-state index in [1.54, 1.807) is 54.6 Å². The number of hydrogen-bond donors (Lipinski definition) is 0. The molecule has 0 atom stereocenters. The number of halogens is 5. The van der Waals surface area contributed by atoms with Crippen LogP contribution >= 0.6 is 69.8 Å². The summed E-state index contributed by atoms with van der Waals surface area (Å²) in [5, 5.41) is 3.12. The Hall–Kier alpha value is -2.64. The second-order valence-corrected chi connectivity index (χ2v) is 12.3. The van der Waals surface area contributed by atoms with Crippen molar-refractivity contribution in [2.45, 2.75) is 20.5 Å². The van der Waals surface area contributed by atoms with E-state index in [4.69, 9.17) is 67.7 Å². The van der Waals surface area contributed by atoms with Gasteiger partial charge in [-0.3, -0.25) is 9.69 Å². The topological polar surface area (TPSA) is 41.9 Å². The van der Waals surface area contributed by atoms with Gasteiger partial charge in [0.25, 0.3) is 5.91 Å². The Bertz CT molecular complexity index is 1740. The number of nitrogens with zero attached hydrogens (tertiary/aromatic N) is 2. The summed E-state index contributed by atoms with van der Waals surface area (Å²) in [7, 11) is 0. The minimum absolute atomic E-state index is 0.198. The van der Waals surface area contributed by atoms with Gasteiger partial charge in [0.15, 0.2) is 5.17 Å². The van der Waals surface area contributed by atoms with E-state index in [9.17, 15) is 4.79 Å². The zero-order valence-electron chi connectivity index (χ0n) is 21.7. The van der Waals surface area contributed by atoms with Crippen molar-refractivity contribution >= 4 is 98.3 Å². The van der Waals surface area contributed by atoms with Gasteiger partial charge in [-0.05, 0) is 97.4 Å². The van der Waals surface area contributed by atoms with Crippen molar-refractivity contribution in [3.63, 3.8) is 0 Å². The number of amides is 1.